The number of carbonyl (C=O) groups is 1. The fourth-order valence-corrected chi connectivity index (χ4v) is 2.76. The molecule has 18 heavy (non-hydrogen) atoms. The Kier molecular flexibility index (Phi) is 4.04. The lowest BCUT2D eigenvalue weighted by molar-refractivity contribution is 0.0695. The van der Waals surface area contributed by atoms with Crippen molar-refractivity contribution in [1.29, 1.82) is 0 Å². The number of benzene rings is 1. The molecule has 0 amide bonds. The first kappa shape index (κ1) is 13.1. The Balaban J connectivity index is 2.33. The van der Waals surface area contributed by atoms with Gasteiger partial charge in [-0.25, -0.2) is 4.79 Å². The summed E-state index contributed by atoms with van der Waals surface area (Å²) in [7, 11) is 0. The molecule has 0 bridgehead atoms. The molecule has 92 valence electrons. The van der Waals surface area contributed by atoms with E-state index in [1.165, 1.54) is 11.8 Å². The van der Waals surface area contributed by atoms with E-state index in [0.717, 1.165) is 15.4 Å². The number of hydrogen-bond donors (Lipinski definition) is 1. The van der Waals surface area contributed by atoms with Crippen molar-refractivity contribution in [3.63, 3.8) is 0 Å². The molecule has 0 saturated heterocycles. The summed E-state index contributed by atoms with van der Waals surface area (Å²) in [5, 5.41) is 9.06. The highest BCUT2D eigenvalue weighted by Crippen LogP contribution is 2.32. The highest BCUT2D eigenvalue weighted by molar-refractivity contribution is 9.10. The number of nitrogens with zero attached hydrogens (tertiary/aromatic N) is 1. The molecule has 1 heterocycles. The summed E-state index contributed by atoms with van der Waals surface area (Å²) in [4.78, 5) is 17.0. The van der Waals surface area contributed by atoms with Crippen molar-refractivity contribution in [3.8, 4) is 0 Å². The van der Waals surface area contributed by atoms with Crippen LogP contribution >= 0.6 is 27.7 Å². The highest BCUT2D eigenvalue weighted by atomic mass is 79.9. The van der Waals surface area contributed by atoms with Gasteiger partial charge in [0.25, 0.3) is 0 Å². The molecule has 3 nitrogen and oxygen atoms in total. The Hall–Kier alpha value is -1.33. The van der Waals surface area contributed by atoms with Crippen LogP contribution in [0.5, 0.6) is 0 Å². The maximum atomic E-state index is 11.0. The van der Waals surface area contributed by atoms with Gasteiger partial charge in [0.1, 0.15) is 0 Å². The second-order valence-corrected chi connectivity index (χ2v) is 5.66. The van der Waals surface area contributed by atoms with E-state index in [2.05, 4.69) is 20.9 Å². The van der Waals surface area contributed by atoms with Gasteiger partial charge in [0.2, 0.25) is 0 Å². The number of carboxylic acids is 1. The lowest BCUT2D eigenvalue weighted by atomic mass is 10.2. The Morgan fingerprint density at radius 1 is 1.39 bits per heavy atom. The highest BCUT2D eigenvalue weighted by Gasteiger charge is 2.10. The van der Waals surface area contributed by atoms with Crippen LogP contribution in [-0.4, -0.2) is 16.1 Å². The molecule has 2 aromatic rings. The minimum absolute atomic E-state index is 0.270. The first-order chi connectivity index (χ1) is 8.58. The molecular weight excluding hydrogens is 314 g/mol. The van der Waals surface area contributed by atoms with Crippen molar-refractivity contribution >= 4 is 33.7 Å². The molecule has 5 heteroatoms. The number of aryl methyl sites for hydroxylation is 1. The van der Waals surface area contributed by atoms with Crippen LogP contribution < -0.4 is 0 Å². The minimum Gasteiger partial charge on any atom is -0.478 e. The Labute approximate surface area is 117 Å². The van der Waals surface area contributed by atoms with E-state index < -0.39 is 5.97 Å². The quantitative estimate of drug-likeness (QED) is 0.927. The van der Waals surface area contributed by atoms with Crippen LogP contribution in [0.2, 0.25) is 0 Å². The Morgan fingerprint density at radius 3 is 2.83 bits per heavy atom. The molecule has 0 radical (unpaired) electrons. The predicted molar refractivity (Wildman–Crippen MR) is 74.2 cm³/mol. The summed E-state index contributed by atoms with van der Waals surface area (Å²) < 4.78 is 0.589. The van der Waals surface area contributed by atoms with Crippen LogP contribution in [-0.2, 0) is 0 Å². The fourth-order valence-electron chi connectivity index (χ4n) is 1.43. The first-order valence-electron chi connectivity index (χ1n) is 5.19. The SMILES string of the molecule is Cc1cnccc1Sc1ccc(Br)c(C(=O)O)c1. The molecule has 1 aromatic heterocycles. The summed E-state index contributed by atoms with van der Waals surface area (Å²) in [6.07, 6.45) is 3.52. The third kappa shape index (κ3) is 2.91. The van der Waals surface area contributed by atoms with Crippen LogP contribution in [0.3, 0.4) is 0 Å². The normalized spacial score (nSPS) is 10.3. The van der Waals surface area contributed by atoms with E-state index >= 15 is 0 Å². The van der Waals surface area contributed by atoms with E-state index in [-0.39, 0.29) is 5.56 Å². The largest absolute Gasteiger partial charge is 0.478 e. The van der Waals surface area contributed by atoms with Gasteiger partial charge in [-0.1, -0.05) is 11.8 Å². The standard InChI is InChI=1S/C13H10BrNO2S/c1-8-7-15-5-4-12(8)18-9-2-3-11(14)10(6-9)13(16)17/h2-7H,1H3,(H,16,17). The van der Waals surface area contributed by atoms with Gasteiger partial charge in [-0.3, -0.25) is 4.98 Å². The summed E-state index contributed by atoms with van der Waals surface area (Å²) >= 11 is 4.76. The molecule has 0 aliphatic heterocycles. The maximum Gasteiger partial charge on any atom is 0.336 e. The second-order valence-electron chi connectivity index (χ2n) is 3.69. The van der Waals surface area contributed by atoms with Gasteiger partial charge in [-0.2, -0.15) is 0 Å². The van der Waals surface area contributed by atoms with Crippen molar-refractivity contribution < 1.29 is 9.90 Å². The maximum absolute atomic E-state index is 11.0. The number of aromatic nitrogens is 1. The number of carboxylic acid groups (broad SMARTS) is 1. The molecule has 0 atom stereocenters. The van der Waals surface area contributed by atoms with Crippen molar-refractivity contribution in [2.24, 2.45) is 0 Å². The smallest absolute Gasteiger partial charge is 0.336 e. The molecule has 0 fully saturated rings. The molecule has 0 aliphatic carbocycles. The molecule has 0 saturated carbocycles. The van der Waals surface area contributed by atoms with Crippen molar-refractivity contribution in [1.82, 2.24) is 4.98 Å². The third-order valence-electron chi connectivity index (χ3n) is 2.36. The Morgan fingerprint density at radius 2 is 2.17 bits per heavy atom. The lowest BCUT2D eigenvalue weighted by Gasteiger charge is -2.06. The van der Waals surface area contributed by atoms with E-state index in [0.29, 0.717) is 4.47 Å². The first-order valence-corrected chi connectivity index (χ1v) is 6.80. The number of hydrogen-bond acceptors (Lipinski definition) is 3. The molecular formula is C13H10BrNO2S. The number of halogens is 1. The predicted octanol–water partition coefficient (Wildman–Crippen LogP) is 4.00. The van der Waals surface area contributed by atoms with Gasteiger partial charge in [-0.15, -0.1) is 0 Å². The second kappa shape index (κ2) is 5.54. The number of rotatable bonds is 3. The molecule has 1 N–H and O–H groups in total. The monoisotopic (exact) mass is 323 g/mol. The van der Waals surface area contributed by atoms with Crippen molar-refractivity contribution in [3.05, 3.63) is 52.3 Å². The summed E-state index contributed by atoms with van der Waals surface area (Å²) in [6, 6.07) is 7.23. The Bertz CT molecular complexity index is 601. The van der Waals surface area contributed by atoms with E-state index in [1.54, 1.807) is 24.5 Å². The van der Waals surface area contributed by atoms with Gasteiger partial charge in [0, 0.05) is 26.7 Å². The van der Waals surface area contributed by atoms with Gasteiger partial charge < -0.3 is 5.11 Å². The summed E-state index contributed by atoms with van der Waals surface area (Å²) in [6.45, 7) is 1.98. The van der Waals surface area contributed by atoms with Crippen LogP contribution in [0.15, 0.2) is 50.9 Å². The summed E-state index contributed by atoms with van der Waals surface area (Å²) in [5.41, 5.74) is 1.34. The molecule has 0 spiro atoms. The van der Waals surface area contributed by atoms with Gasteiger partial charge in [-0.05, 0) is 52.7 Å². The lowest BCUT2D eigenvalue weighted by Crippen LogP contribution is -1.97. The van der Waals surface area contributed by atoms with Crippen LogP contribution in [0, 0.1) is 6.92 Å². The fraction of sp³-hybridized carbons (Fsp3) is 0.0769. The van der Waals surface area contributed by atoms with Gasteiger partial charge in [0.05, 0.1) is 5.56 Å². The molecule has 1 aromatic carbocycles. The topological polar surface area (TPSA) is 50.2 Å². The van der Waals surface area contributed by atoms with E-state index in [9.17, 15) is 4.79 Å². The van der Waals surface area contributed by atoms with Crippen LogP contribution in [0.25, 0.3) is 0 Å². The van der Waals surface area contributed by atoms with Gasteiger partial charge >= 0.3 is 5.97 Å². The molecule has 2 rings (SSSR count). The number of aromatic carboxylic acids is 1. The average Bonchev–Trinajstić information content (AvgIpc) is 2.34. The zero-order chi connectivity index (χ0) is 13.1. The zero-order valence-corrected chi connectivity index (χ0v) is 12.0. The average molecular weight is 324 g/mol. The van der Waals surface area contributed by atoms with E-state index in [4.69, 9.17) is 5.11 Å². The van der Waals surface area contributed by atoms with Gasteiger partial charge in [0.15, 0.2) is 0 Å². The summed E-state index contributed by atoms with van der Waals surface area (Å²) in [5.74, 6) is -0.934. The zero-order valence-electron chi connectivity index (χ0n) is 9.55. The third-order valence-corrected chi connectivity index (χ3v) is 4.22. The van der Waals surface area contributed by atoms with Crippen LogP contribution in [0.4, 0.5) is 0 Å². The van der Waals surface area contributed by atoms with Crippen molar-refractivity contribution in [2.75, 3.05) is 0 Å². The number of pyridine rings is 1. The minimum atomic E-state index is -0.934. The molecule has 0 aliphatic rings. The van der Waals surface area contributed by atoms with Crippen LogP contribution in [0.1, 0.15) is 15.9 Å². The van der Waals surface area contributed by atoms with Crippen molar-refractivity contribution in [2.45, 2.75) is 16.7 Å². The van der Waals surface area contributed by atoms with E-state index in [1.807, 2.05) is 19.1 Å². The molecule has 0 unspecified atom stereocenters.